The molecule has 2 fully saturated rings. The van der Waals surface area contributed by atoms with Gasteiger partial charge in [0.15, 0.2) is 0 Å². The maximum Gasteiger partial charge on any atom is 0.239 e. The first kappa shape index (κ1) is 18.4. The van der Waals surface area contributed by atoms with E-state index in [1.165, 1.54) is 12.8 Å². The molecule has 0 spiro atoms. The van der Waals surface area contributed by atoms with Gasteiger partial charge in [-0.05, 0) is 26.7 Å². The maximum absolute atomic E-state index is 12.8. The Morgan fingerprint density at radius 2 is 1.76 bits per heavy atom. The fraction of sp³-hybridized carbons (Fsp3) is 0.789. The van der Waals surface area contributed by atoms with Gasteiger partial charge in [-0.3, -0.25) is 14.6 Å². The summed E-state index contributed by atoms with van der Waals surface area (Å²) < 4.78 is 2.21. The van der Waals surface area contributed by atoms with E-state index in [0.717, 1.165) is 71.0 Å². The molecule has 6 nitrogen and oxygen atoms in total. The first-order valence-corrected chi connectivity index (χ1v) is 9.94. The summed E-state index contributed by atoms with van der Waals surface area (Å²) in [6.45, 7) is 12.0. The maximum atomic E-state index is 12.8. The molecule has 2 aliphatic heterocycles. The topological polar surface area (TPSA) is 44.6 Å². The highest BCUT2D eigenvalue weighted by atomic mass is 16.2. The number of aryl methyl sites for hydroxylation is 1. The molecule has 2 aliphatic rings. The summed E-state index contributed by atoms with van der Waals surface area (Å²) in [7, 11) is 0. The number of aromatic nitrogens is 2. The van der Waals surface area contributed by atoms with E-state index >= 15 is 0 Å². The molecule has 1 atom stereocenters. The van der Waals surface area contributed by atoms with E-state index in [1.807, 2.05) is 12.4 Å². The van der Waals surface area contributed by atoms with E-state index in [4.69, 9.17) is 0 Å². The van der Waals surface area contributed by atoms with Crippen LogP contribution in [-0.2, 0) is 17.9 Å². The molecular weight excluding hydrogens is 314 g/mol. The zero-order valence-electron chi connectivity index (χ0n) is 15.9. The lowest BCUT2D eigenvalue weighted by molar-refractivity contribution is -0.137. The first-order valence-electron chi connectivity index (χ1n) is 9.94. The Kier molecular flexibility index (Phi) is 6.48. The average Bonchev–Trinajstić information content (AvgIpc) is 2.91. The van der Waals surface area contributed by atoms with Crippen molar-refractivity contribution in [3.05, 3.63) is 18.2 Å². The Morgan fingerprint density at radius 3 is 2.40 bits per heavy atom. The van der Waals surface area contributed by atoms with Gasteiger partial charge in [-0.15, -0.1) is 0 Å². The highest BCUT2D eigenvalue weighted by molar-refractivity contribution is 5.81. The molecule has 2 saturated heterocycles. The van der Waals surface area contributed by atoms with Crippen molar-refractivity contribution in [2.45, 2.75) is 58.7 Å². The zero-order chi connectivity index (χ0) is 17.6. The summed E-state index contributed by atoms with van der Waals surface area (Å²) in [6.07, 6.45) is 8.80. The second kappa shape index (κ2) is 8.81. The van der Waals surface area contributed by atoms with E-state index in [2.05, 4.69) is 38.1 Å². The van der Waals surface area contributed by atoms with E-state index in [1.54, 1.807) is 0 Å². The van der Waals surface area contributed by atoms with E-state index < -0.39 is 0 Å². The zero-order valence-corrected chi connectivity index (χ0v) is 15.9. The molecule has 3 heterocycles. The molecule has 0 saturated carbocycles. The quantitative estimate of drug-likeness (QED) is 0.815. The Morgan fingerprint density at radius 1 is 1.08 bits per heavy atom. The number of carbonyl (C=O) groups excluding carboxylic acids is 1. The molecule has 0 radical (unpaired) electrons. The number of rotatable bonds is 5. The van der Waals surface area contributed by atoms with Crippen molar-refractivity contribution in [2.24, 2.45) is 0 Å². The molecule has 140 valence electrons. The smallest absolute Gasteiger partial charge is 0.239 e. The normalized spacial score (nSPS) is 21.9. The van der Waals surface area contributed by atoms with Crippen LogP contribution in [0.2, 0.25) is 0 Å². The summed E-state index contributed by atoms with van der Waals surface area (Å²) in [5, 5.41) is 0. The Labute approximate surface area is 151 Å². The van der Waals surface area contributed by atoms with Crippen molar-refractivity contribution >= 4 is 5.91 Å². The standard InChI is InChI=1S/C19H33N5O/c1-3-22-11-8-20-18(22)16-21-12-14-23(15-13-21)17(2)19(25)24-9-6-4-5-7-10-24/h8,11,17H,3-7,9-10,12-16H2,1-2H3. The van der Waals surface area contributed by atoms with Crippen molar-refractivity contribution < 1.29 is 4.79 Å². The molecule has 1 aromatic heterocycles. The van der Waals surface area contributed by atoms with Gasteiger partial charge >= 0.3 is 0 Å². The van der Waals surface area contributed by atoms with Gasteiger partial charge in [-0.2, -0.15) is 0 Å². The SMILES string of the molecule is CCn1ccnc1CN1CCN(C(C)C(=O)N2CCCCCC2)CC1. The van der Waals surface area contributed by atoms with Crippen molar-refractivity contribution in [2.75, 3.05) is 39.3 Å². The van der Waals surface area contributed by atoms with Gasteiger partial charge in [0.05, 0.1) is 12.6 Å². The van der Waals surface area contributed by atoms with Crippen molar-refractivity contribution in [3.8, 4) is 0 Å². The lowest BCUT2D eigenvalue weighted by Crippen LogP contribution is -2.54. The van der Waals surface area contributed by atoms with Crippen LogP contribution >= 0.6 is 0 Å². The lowest BCUT2D eigenvalue weighted by atomic mass is 10.2. The number of carbonyl (C=O) groups is 1. The van der Waals surface area contributed by atoms with Crippen molar-refractivity contribution in [3.63, 3.8) is 0 Å². The van der Waals surface area contributed by atoms with Crippen LogP contribution in [0.25, 0.3) is 0 Å². The number of hydrogen-bond donors (Lipinski definition) is 0. The third-order valence-corrected chi connectivity index (χ3v) is 5.74. The highest BCUT2D eigenvalue weighted by Gasteiger charge is 2.29. The third-order valence-electron chi connectivity index (χ3n) is 5.74. The molecule has 0 N–H and O–H groups in total. The molecule has 3 rings (SSSR count). The lowest BCUT2D eigenvalue weighted by Gasteiger charge is -2.38. The van der Waals surface area contributed by atoms with Crippen LogP contribution in [-0.4, -0.2) is 75.5 Å². The highest BCUT2D eigenvalue weighted by Crippen LogP contribution is 2.15. The predicted octanol–water partition coefficient (Wildman–Crippen LogP) is 1.81. The molecule has 25 heavy (non-hydrogen) atoms. The van der Waals surface area contributed by atoms with Crippen LogP contribution in [0.4, 0.5) is 0 Å². The molecule has 1 aromatic rings. The summed E-state index contributed by atoms with van der Waals surface area (Å²) in [6, 6.07) is 0.0119. The van der Waals surface area contributed by atoms with Crippen LogP contribution in [0.1, 0.15) is 45.4 Å². The fourth-order valence-corrected chi connectivity index (χ4v) is 4.00. The summed E-state index contributed by atoms with van der Waals surface area (Å²) in [5.41, 5.74) is 0. The minimum absolute atomic E-state index is 0.0119. The van der Waals surface area contributed by atoms with Gasteiger partial charge in [0.25, 0.3) is 0 Å². The number of nitrogens with zero attached hydrogens (tertiary/aromatic N) is 5. The van der Waals surface area contributed by atoms with Gasteiger partial charge < -0.3 is 9.47 Å². The Bertz CT molecular complexity index is 542. The minimum atomic E-state index is 0.0119. The molecule has 1 unspecified atom stereocenters. The van der Waals surface area contributed by atoms with Crippen LogP contribution in [0.3, 0.4) is 0 Å². The number of likely N-dealkylation sites (tertiary alicyclic amines) is 1. The Balaban J connectivity index is 1.48. The predicted molar refractivity (Wildman–Crippen MR) is 99.3 cm³/mol. The van der Waals surface area contributed by atoms with Crippen LogP contribution in [0.15, 0.2) is 12.4 Å². The molecule has 6 heteroatoms. The summed E-state index contributed by atoms with van der Waals surface area (Å²) >= 11 is 0. The third kappa shape index (κ3) is 4.61. The second-order valence-electron chi connectivity index (χ2n) is 7.36. The van der Waals surface area contributed by atoms with Gasteiger partial charge in [-0.1, -0.05) is 12.8 Å². The summed E-state index contributed by atoms with van der Waals surface area (Å²) in [5.74, 6) is 1.47. The van der Waals surface area contributed by atoms with Crippen LogP contribution in [0, 0.1) is 0 Å². The number of imidazole rings is 1. The van der Waals surface area contributed by atoms with E-state index in [0.29, 0.717) is 5.91 Å². The van der Waals surface area contributed by atoms with Crippen molar-refractivity contribution in [1.82, 2.24) is 24.3 Å². The van der Waals surface area contributed by atoms with Gasteiger partial charge in [0.2, 0.25) is 5.91 Å². The monoisotopic (exact) mass is 347 g/mol. The second-order valence-corrected chi connectivity index (χ2v) is 7.36. The molecule has 0 bridgehead atoms. The number of hydrogen-bond acceptors (Lipinski definition) is 4. The molecule has 0 aromatic carbocycles. The first-order chi connectivity index (χ1) is 12.2. The molecular formula is C19H33N5O. The van der Waals surface area contributed by atoms with Gasteiger partial charge in [0.1, 0.15) is 5.82 Å². The van der Waals surface area contributed by atoms with Crippen molar-refractivity contribution in [1.29, 1.82) is 0 Å². The number of amides is 1. The summed E-state index contributed by atoms with van der Waals surface area (Å²) in [4.78, 5) is 24.2. The fourth-order valence-electron chi connectivity index (χ4n) is 4.00. The number of piperazine rings is 1. The average molecular weight is 348 g/mol. The minimum Gasteiger partial charge on any atom is -0.341 e. The largest absolute Gasteiger partial charge is 0.341 e. The Hall–Kier alpha value is -1.40. The van der Waals surface area contributed by atoms with Gasteiger partial charge in [0, 0.05) is 58.2 Å². The van der Waals surface area contributed by atoms with Crippen LogP contribution < -0.4 is 0 Å². The molecule has 1 amide bonds. The van der Waals surface area contributed by atoms with E-state index in [9.17, 15) is 4.79 Å². The van der Waals surface area contributed by atoms with Gasteiger partial charge in [-0.25, -0.2) is 4.98 Å². The van der Waals surface area contributed by atoms with E-state index in [-0.39, 0.29) is 6.04 Å². The molecule has 0 aliphatic carbocycles. The van der Waals surface area contributed by atoms with Crippen LogP contribution in [0.5, 0.6) is 0 Å².